The number of ether oxygens (including phenoxy) is 1. The Bertz CT molecular complexity index is 865. The van der Waals surface area contributed by atoms with E-state index in [1.54, 1.807) is 19.3 Å². The zero-order valence-electron chi connectivity index (χ0n) is 15.6. The van der Waals surface area contributed by atoms with E-state index in [9.17, 15) is 4.79 Å². The zero-order valence-corrected chi connectivity index (χ0v) is 17.1. The number of pyridine rings is 2. The molecule has 0 radical (unpaired) electrons. The summed E-state index contributed by atoms with van der Waals surface area (Å²) < 4.78 is 7.71. The normalized spacial score (nSPS) is 21.1. The summed E-state index contributed by atoms with van der Waals surface area (Å²) >= 11 is 3.42. The topological polar surface area (TPSA) is 62.6 Å². The fraction of sp³-hybridized carbons (Fsp3) is 0.474. The van der Waals surface area contributed by atoms with Crippen molar-refractivity contribution in [1.29, 1.82) is 0 Å². The highest BCUT2D eigenvalue weighted by molar-refractivity contribution is 9.10. The molecule has 1 atom stereocenters. The SMILES string of the molecule is C[C@H]1CN(c2ccc(Nc3cc(Br)cn(C)c3=O)nc2)CCN1C1COC1. The fourth-order valence-corrected chi connectivity index (χ4v) is 4.24. The van der Waals surface area contributed by atoms with Gasteiger partial charge >= 0.3 is 0 Å². The Labute approximate surface area is 167 Å². The summed E-state index contributed by atoms with van der Waals surface area (Å²) in [6, 6.07) is 6.83. The molecule has 2 aliphatic heterocycles. The third kappa shape index (κ3) is 3.88. The summed E-state index contributed by atoms with van der Waals surface area (Å²) in [6.45, 7) is 7.02. The van der Waals surface area contributed by atoms with E-state index in [4.69, 9.17) is 4.74 Å². The zero-order chi connectivity index (χ0) is 19.0. The molecule has 0 saturated carbocycles. The van der Waals surface area contributed by atoms with Gasteiger partial charge in [0.1, 0.15) is 11.5 Å². The first-order valence-corrected chi connectivity index (χ1v) is 9.98. The molecule has 2 aromatic rings. The van der Waals surface area contributed by atoms with Crippen molar-refractivity contribution in [2.45, 2.75) is 19.0 Å². The van der Waals surface area contributed by atoms with Crippen molar-refractivity contribution in [2.75, 3.05) is 43.1 Å². The van der Waals surface area contributed by atoms with Gasteiger partial charge in [0.05, 0.1) is 31.1 Å². The van der Waals surface area contributed by atoms with Gasteiger partial charge in [-0.15, -0.1) is 0 Å². The minimum absolute atomic E-state index is 0.0889. The van der Waals surface area contributed by atoms with Crippen LogP contribution < -0.4 is 15.8 Å². The molecule has 7 nitrogen and oxygen atoms in total. The maximum Gasteiger partial charge on any atom is 0.274 e. The second-order valence-electron chi connectivity index (χ2n) is 7.24. The summed E-state index contributed by atoms with van der Waals surface area (Å²) in [7, 11) is 1.73. The number of piperazine rings is 1. The van der Waals surface area contributed by atoms with E-state index in [-0.39, 0.29) is 5.56 Å². The van der Waals surface area contributed by atoms with Gasteiger partial charge in [0.25, 0.3) is 5.56 Å². The van der Waals surface area contributed by atoms with Gasteiger partial charge in [-0.2, -0.15) is 0 Å². The van der Waals surface area contributed by atoms with Crippen LogP contribution in [-0.4, -0.2) is 59.4 Å². The van der Waals surface area contributed by atoms with Gasteiger partial charge in [-0.3, -0.25) is 9.69 Å². The van der Waals surface area contributed by atoms with E-state index < -0.39 is 0 Å². The lowest BCUT2D eigenvalue weighted by Crippen LogP contribution is -2.60. The predicted octanol–water partition coefficient (Wildman–Crippen LogP) is 2.20. The molecule has 1 N–H and O–H groups in total. The molecular formula is C19H24BrN5O2. The Hall–Kier alpha value is -1.90. The number of anilines is 3. The molecule has 2 fully saturated rings. The molecule has 0 aromatic carbocycles. The lowest BCUT2D eigenvalue weighted by atomic mass is 10.1. The number of nitrogens with one attached hydrogen (secondary N) is 1. The number of nitrogens with zero attached hydrogens (tertiary/aromatic N) is 4. The van der Waals surface area contributed by atoms with Crippen molar-refractivity contribution in [3.63, 3.8) is 0 Å². The van der Waals surface area contributed by atoms with E-state index in [1.165, 1.54) is 4.57 Å². The molecule has 2 aromatic heterocycles. The molecule has 0 spiro atoms. The highest BCUT2D eigenvalue weighted by atomic mass is 79.9. The third-order valence-corrected chi connectivity index (χ3v) is 5.73. The van der Waals surface area contributed by atoms with Gasteiger partial charge in [0.15, 0.2) is 0 Å². The highest BCUT2D eigenvalue weighted by Gasteiger charge is 2.33. The molecule has 0 unspecified atom stereocenters. The molecule has 8 heteroatoms. The van der Waals surface area contributed by atoms with Crippen LogP contribution in [0.5, 0.6) is 0 Å². The molecule has 4 heterocycles. The Morgan fingerprint density at radius 2 is 2.11 bits per heavy atom. The van der Waals surface area contributed by atoms with Gasteiger partial charge in [0, 0.05) is 43.4 Å². The summed E-state index contributed by atoms with van der Waals surface area (Å²) in [4.78, 5) is 21.6. The number of aryl methyl sites for hydroxylation is 1. The van der Waals surface area contributed by atoms with E-state index in [0.717, 1.165) is 43.0 Å². The van der Waals surface area contributed by atoms with Gasteiger partial charge in [0.2, 0.25) is 0 Å². The first-order chi connectivity index (χ1) is 13.0. The molecular weight excluding hydrogens is 410 g/mol. The van der Waals surface area contributed by atoms with E-state index in [0.29, 0.717) is 23.6 Å². The molecule has 27 heavy (non-hydrogen) atoms. The Kier molecular flexibility index (Phi) is 5.21. The van der Waals surface area contributed by atoms with Crippen molar-refractivity contribution < 1.29 is 4.74 Å². The maximum atomic E-state index is 12.2. The molecule has 144 valence electrons. The van der Waals surface area contributed by atoms with Crippen LogP contribution in [0.3, 0.4) is 0 Å². The Morgan fingerprint density at radius 1 is 1.30 bits per heavy atom. The minimum Gasteiger partial charge on any atom is -0.378 e. The van der Waals surface area contributed by atoms with Crippen molar-refractivity contribution in [3.8, 4) is 0 Å². The number of rotatable bonds is 4. The van der Waals surface area contributed by atoms with Crippen LogP contribution in [0, 0.1) is 0 Å². The quantitative estimate of drug-likeness (QED) is 0.797. The second kappa shape index (κ2) is 7.61. The number of hydrogen-bond donors (Lipinski definition) is 1. The summed E-state index contributed by atoms with van der Waals surface area (Å²) in [5.41, 5.74) is 1.52. The van der Waals surface area contributed by atoms with Crippen molar-refractivity contribution in [3.05, 3.63) is 45.4 Å². The third-order valence-electron chi connectivity index (χ3n) is 5.29. The smallest absolute Gasteiger partial charge is 0.274 e. The van der Waals surface area contributed by atoms with E-state index >= 15 is 0 Å². The summed E-state index contributed by atoms with van der Waals surface area (Å²) in [5.74, 6) is 0.659. The summed E-state index contributed by atoms with van der Waals surface area (Å²) in [5, 5.41) is 3.11. The van der Waals surface area contributed by atoms with Crippen LogP contribution in [0.2, 0.25) is 0 Å². The standard InChI is InChI=1S/C19H24BrN5O2/c1-13-9-24(5-6-25(13)16-11-27-12-16)15-3-4-18(21-8-15)22-17-7-14(20)10-23(2)19(17)26/h3-4,7-8,10,13,16H,5-6,9,11-12H2,1-2H3,(H,21,22)/t13-/m0/s1. The molecule has 2 aliphatic rings. The summed E-state index contributed by atoms with van der Waals surface area (Å²) in [6.07, 6.45) is 3.61. The lowest BCUT2D eigenvalue weighted by Gasteiger charge is -2.47. The first-order valence-electron chi connectivity index (χ1n) is 9.19. The van der Waals surface area contributed by atoms with Crippen molar-refractivity contribution >= 4 is 33.1 Å². The largest absolute Gasteiger partial charge is 0.378 e. The molecule has 0 aliphatic carbocycles. The van der Waals surface area contributed by atoms with Gasteiger partial charge < -0.3 is 19.5 Å². The molecule has 0 bridgehead atoms. The van der Waals surface area contributed by atoms with Crippen LogP contribution in [0.4, 0.5) is 17.2 Å². The average molecular weight is 434 g/mol. The number of hydrogen-bond acceptors (Lipinski definition) is 6. The van der Waals surface area contributed by atoms with Crippen LogP contribution >= 0.6 is 15.9 Å². The van der Waals surface area contributed by atoms with Crippen molar-refractivity contribution in [1.82, 2.24) is 14.5 Å². The van der Waals surface area contributed by atoms with Crippen molar-refractivity contribution in [2.24, 2.45) is 7.05 Å². The highest BCUT2D eigenvalue weighted by Crippen LogP contribution is 2.24. The van der Waals surface area contributed by atoms with Crippen LogP contribution in [-0.2, 0) is 11.8 Å². The van der Waals surface area contributed by atoms with Crippen LogP contribution in [0.1, 0.15) is 6.92 Å². The lowest BCUT2D eigenvalue weighted by molar-refractivity contribution is -0.0792. The van der Waals surface area contributed by atoms with E-state index in [1.807, 2.05) is 12.3 Å². The van der Waals surface area contributed by atoms with Gasteiger partial charge in [-0.1, -0.05) is 0 Å². The van der Waals surface area contributed by atoms with Gasteiger partial charge in [-0.25, -0.2) is 4.98 Å². The number of aromatic nitrogens is 2. The Morgan fingerprint density at radius 3 is 2.74 bits per heavy atom. The minimum atomic E-state index is -0.0889. The second-order valence-corrected chi connectivity index (χ2v) is 8.15. The Balaban J connectivity index is 1.43. The molecule has 4 rings (SSSR count). The molecule has 2 saturated heterocycles. The van der Waals surface area contributed by atoms with Gasteiger partial charge in [-0.05, 0) is 41.1 Å². The average Bonchev–Trinajstić information content (AvgIpc) is 2.60. The fourth-order valence-electron chi connectivity index (χ4n) is 3.71. The molecule has 0 amide bonds. The number of halogens is 1. The predicted molar refractivity (Wildman–Crippen MR) is 110 cm³/mol. The monoisotopic (exact) mass is 433 g/mol. The first kappa shape index (κ1) is 18.5. The van der Waals surface area contributed by atoms with Crippen LogP contribution in [0.25, 0.3) is 0 Å². The van der Waals surface area contributed by atoms with Crippen LogP contribution in [0.15, 0.2) is 39.9 Å². The maximum absolute atomic E-state index is 12.2. The van der Waals surface area contributed by atoms with E-state index in [2.05, 4.69) is 49.0 Å².